The van der Waals surface area contributed by atoms with Gasteiger partial charge < -0.3 is 10.6 Å². The van der Waals surface area contributed by atoms with Gasteiger partial charge in [-0.25, -0.2) is 8.42 Å². The third kappa shape index (κ3) is 4.38. The Morgan fingerprint density at radius 1 is 1.50 bits per heavy atom. The van der Waals surface area contributed by atoms with Crippen molar-refractivity contribution < 1.29 is 8.42 Å². The molecular weight excluding hydrogens is 226 g/mol. The van der Waals surface area contributed by atoms with E-state index in [0.29, 0.717) is 12.4 Å². The highest BCUT2D eigenvalue weighted by atomic mass is 32.2. The van der Waals surface area contributed by atoms with Gasteiger partial charge in [0.2, 0.25) is 0 Å². The lowest BCUT2D eigenvalue weighted by Gasteiger charge is -2.15. The standard InChI is InChI=1S/C10H21N3O2S/c1-3-4-6-12-10(11-2)13-9-5-7-16(14,15)8-9/h9H,3-8H2,1-2H3,(H2,11,12,13). The summed E-state index contributed by atoms with van der Waals surface area (Å²) in [5, 5.41) is 6.31. The van der Waals surface area contributed by atoms with Crippen LogP contribution in [0.4, 0.5) is 0 Å². The molecule has 1 unspecified atom stereocenters. The molecule has 2 N–H and O–H groups in total. The van der Waals surface area contributed by atoms with Crippen LogP contribution in [0.2, 0.25) is 0 Å². The second kappa shape index (κ2) is 6.08. The smallest absolute Gasteiger partial charge is 0.191 e. The molecule has 0 amide bonds. The Hall–Kier alpha value is -0.780. The van der Waals surface area contributed by atoms with E-state index in [0.717, 1.165) is 19.4 Å². The Bertz CT molecular complexity index is 338. The lowest BCUT2D eigenvalue weighted by atomic mass is 10.3. The maximum Gasteiger partial charge on any atom is 0.191 e. The van der Waals surface area contributed by atoms with Crippen molar-refractivity contribution in [2.75, 3.05) is 25.1 Å². The fourth-order valence-electron chi connectivity index (χ4n) is 1.68. The first-order valence-corrected chi connectivity index (χ1v) is 7.57. The van der Waals surface area contributed by atoms with Crippen LogP contribution in [-0.4, -0.2) is 45.5 Å². The minimum Gasteiger partial charge on any atom is -0.356 e. The second-order valence-corrected chi connectivity index (χ2v) is 6.33. The Balaban J connectivity index is 2.35. The zero-order valence-electron chi connectivity index (χ0n) is 9.99. The number of unbranched alkanes of at least 4 members (excludes halogenated alkanes) is 1. The van der Waals surface area contributed by atoms with Crippen molar-refractivity contribution in [3.8, 4) is 0 Å². The van der Waals surface area contributed by atoms with Crippen LogP contribution in [0, 0.1) is 0 Å². The maximum absolute atomic E-state index is 11.3. The molecule has 0 aliphatic carbocycles. The number of rotatable bonds is 4. The van der Waals surface area contributed by atoms with Crippen LogP contribution in [0.5, 0.6) is 0 Å². The summed E-state index contributed by atoms with van der Waals surface area (Å²) in [6.45, 7) is 3.00. The molecular formula is C10H21N3O2S. The first-order chi connectivity index (χ1) is 7.57. The lowest BCUT2D eigenvalue weighted by molar-refractivity contribution is 0.599. The van der Waals surface area contributed by atoms with Crippen molar-refractivity contribution in [3.63, 3.8) is 0 Å². The average molecular weight is 247 g/mol. The van der Waals surface area contributed by atoms with Crippen molar-refractivity contribution in [2.45, 2.75) is 32.2 Å². The van der Waals surface area contributed by atoms with Gasteiger partial charge in [-0.3, -0.25) is 4.99 Å². The van der Waals surface area contributed by atoms with Gasteiger partial charge in [0.1, 0.15) is 0 Å². The summed E-state index contributed by atoms with van der Waals surface area (Å²) in [6.07, 6.45) is 2.89. The number of nitrogens with zero attached hydrogens (tertiary/aromatic N) is 1. The fraction of sp³-hybridized carbons (Fsp3) is 0.900. The highest BCUT2D eigenvalue weighted by Crippen LogP contribution is 2.10. The molecule has 6 heteroatoms. The van der Waals surface area contributed by atoms with Crippen LogP contribution in [-0.2, 0) is 9.84 Å². The van der Waals surface area contributed by atoms with E-state index in [1.165, 1.54) is 0 Å². The molecule has 1 fully saturated rings. The Morgan fingerprint density at radius 2 is 2.25 bits per heavy atom. The summed E-state index contributed by atoms with van der Waals surface area (Å²) in [5.41, 5.74) is 0. The molecule has 1 heterocycles. The number of hydrogen-bond donors (Lipinski definition) is 2. The van der Waals surface area contributed by atoms with Gasteiger partial charge in [0.25, 0.3) is 0 Å². The van der Waals surface area contributed by atoms with E-state index in [-0.39, 0.29) is 17.5 Å². The number of guanidine groups is 1. The monoisotopic (exact) mass is 247 g/mol. The molecule has 0 aromatic rings. The van der Waals surface area contributed by atoms with Gasteiger partial charge in [-0.2, -0.15) is 0 Å². The predicted octanol–water partition coefficient (Wildman–Crippen LogP) is 0.139. The average Bonchev–Trinajstić information content (AvgIpc) is 2.57. The van der Waals surface area contributed by atoms with E-state index in [9.17, 15) is 8.42 Å². The van der Waals surface area contributed by atoms with Crippen molar-refractivity contribution in [3.05, 3.63) is 0 Å². The van der Waals surface area contributed by atoms with E-state index < -0.39 is 9.84 Å². The number of sulfone groups is 1. The summed E-state index contributed by atoms with van der Waals surface area (Å²) < 4.78 is 22.5. The largest absolute Gasteiger partial charge is 0.356 e. The SMILES string of the molecule is CCCCNC(=NC)NC1CCS(=O)(=O)C1. The van der Waals surface area contributed by atoms with Gasteiger partial charge in [0.15, 0.2) is 15.8 Å². The summed E-state index contributed by atoms with van der Waals surface area (Å²) in [5.74, 6) is 1.22. The number of nitrogens with one attached hydrogen (secondary N) is 2. The molecule has 1 atom stereocenters. The molecule has 1 aliphatic rings. The van der Waals surface area contributed by atoms with Crippen molar-refractivity contribution in [1.82, 2.24) is 10.6 Å². The topological polar surface area (TPSA) is 70.6 Å². The Morgan fingerprint density at radius 3 is 2.75 bits per heavy atom. The maximum atomic E-state index is 11.3. The third-order valence-electron chi connectivity index (χ3n) is 2.62. The van der Waals surface area contributed by atoms with Gasteiger partial charge in [-0.1, -0.05) is 13.3 Å². The van der Waals surface area contributed by atoms with Gasteiger partial charge in [0, 0.05) is 19.6 Å². The first-order valence-electron chi connectivity index (χ1n) is 5.75. The first kappa shape index (κ1) is 13.3. The van der Waals surface area contributed by atoms with Gasteiger partial charge >= 0.3 is 0 Å². The molecule has 0 bridgehead atoms. The Labute approximate surface area is 97.6 Å². The molecule has 94 valence electrons. The number of hydrogen-bond acceptors (Lipinski definition) is 3. The van der Waals surface area contributed by atoms with Crippen LogP contribution in [0.1, 0.15) is 26.2 Å². The summed E-state index contributed by atoms with van der Waals surface area (Å²) in [7, 11) is -1.12. The van der Waals surface area contributed by atoms with Crippen molar-refractivity contribution >= 4 is 15.8 Å². The molecule has 0 aromatic carbocycles. The fourth-order valence-corrected chi connectivity index (χ4v) is 3.35. The van der Waals surface area contributed by atoms with E-state index >= 15 is 0 Å². The number of aliphatic imine (C=N–C) groups is 1. The summed E-state index contributed by atoms with van der Waals surface area (Å²) in [4.78, 5) is 4.07. The molecule has 16 heavy (non-hydrogen) atoms. The van der Waals surface area contributed by atoms with E-state index in [1.807, 2.05) is 0 Å². The minimum atomic E-state index is -2.82. The molecule has 1 rings (SSSR count). The van der Waals surface area contributed by atoms with E-state index in [1.54, 1.807) is 7.05 Å². The minimum absolute atomic E-state index is 0.0119. The molecule has 0 radical (unpaired) electrons. The molecule has 1 saturated heterocycles. The normalized spacial score (nSPS) is 24.4. The van der Waals surface area contributed by atoms with E-state index in [4.69, 9.17) is 0 Å². The highest BCUT2D eigenvalue weighted by molar-refractivity contribution is 7.91. The van der Waals surface area contributed by atoms with Gasteiger partial charge in [-0.15, -0.1) is 0 Å². The van der Waals surface area contributed by atoms with Crippen LogP contribution in [0.3, 0.4) is 0 Å². The second-order valence-electron chi connectivity index (χ2n) is 4.10. The Kier molecular flexibility index (Phi) is 5.05. The van der Waals surface area contributed by atoms with E-state index in [2.05, 4.69) is 22.5 Å². The molecule has 0 saturated carbocycles. The molecule has 1 aliphatic heterocycles. The quantitative estimate of drug-likeness (QED) is 0.421. The van der Waals surface area contributed by atoms with Crippen LogP contribution in [0.15, 0.2) is 4.99 Å². The highest BCUT2D eigenvalue weighted by Gasteiger charge is 2.28. The van der Waals surface area contributed by atoms with Crippen molar-refractivity contribution in [1.29, 1.82) is 0 Å². The summed E-state index contributed by atoms with van der Waals surface area (Å²) >= 11 is 0. The van der Waals surface area contributed by atoms with Gasteiger partial charge in [-0.05, 0) is 12.8 Å². The zero-order chi connectivity index (χ0) is 12.0. The van der Waals surface area contributed by atoms with Crippen LogP contribution < -0.4 is 10.6 Å². The molecule has 5 nitrogen and oxygen atoms in total. The van der Waals surface area contributed by atoms with Crippen LogP contribution in [0.25, 0.3) is 0 Å². The lowest BCUT2D eigenvalue weighted by Crippen LogP contribution is -2.44. The van der Waals surface area contributed by atoms with Crippen molar-refractivity contribution in [2.24, 2.45) is 4.99 Å². The zero-order valence-corrected chi connectivity index (χ0v) is 10.8. The third-order valence-corrected chi connectivity index (χ3v) is 4.39. The predicted molar refractivity (Wildman–Crippen MR) is 66.5 cm³/mol. The molecule has 0 spiro atoms. The summed E-state index contributed by atoms with van der Waals surface area (Å²) in [6, 6.07) is 0.0119. The molecule has 0 aromatic heterocycles. The van der Waals surface area contributed by atoms with Crippen LogP contribution >= 0.6 is 0 Å². The van der Waals surface area contributed by atoms with Gasteiger partial charge in [0.05, 0.1) is 11.5 Å².